The van der Waals surface area contributed by atoms with E-state index in [4.69, 9.17) is 0 Å². The molecule has 106 valence electrons. The first-order chi connectivity index (χ1) is 9.61. The first-order valence-corrected chi connectivity index (χ1v) is 7.96. The third-order valence-electron chi connectivity index (χ3n) is 2.70. The molecule has 1 N–H and O–H groups in total. The van der Waals surface area contributed by atoms with Crippen molar-refractivity contribution < 1.29 is 4.79 Å². The molecule has 2 aromatic rings. The highest BCUT2D eigenvalue weighted by atomic mass is 79.9. The van der Waals surface area contributed by atoms with E-state index in [1.54, 1.807) is 0 Å². The van der Waals surface area contributed by atoms with E-state index in [2.05, 4.69) is 31.4 Å². The van der Waals surface area contributed by atoms with Crippen molar-refractivity contribution in [2.45, 2.75) is 25.5 Å². The maximum Gasteiger partial charge on any atom is 0.234 e. The SMILES string of the molecule is CCn1c(C)nnc1SCC(=O)Nc1ccccc1Br. The molecule has 0 radical (unpaired) electrons. The predicted octanol–water partition coefficient (Wildman–Crippen LogP) is 3.10. The fraction of sp³-hybridized carbons (Fsp3) is 0.308. The number of nitrogens with zero attached hydrogens (tertiary/aromatic N) is 3. The molecule has 2 rings (SSSR count). The molecule has 0 aliphatic rings. The normalized spacial score (nSPS) is 10.6. The summed E-state index contributed by atoms with van der Waals surface area (Å²) in [4.78, 5) is 11.9. The van der Waals surface area contributed by atoms with Gasteiger partial charge in [-0.1, -0.05) is 23.9 Å². The van der Waals surface area contributed by atoms with Gasteiger partial charge in [-0.25, -0.2) is 0 Å². The van der Waals surface area contributed by atoms with Gasteiger partial charge in [0.15, 0.2) is 5.16 Å². The van der Waals surface area contributed by atoms with Gasteiger partial charge in [-0.05, 0) is 41.9 Å². The number of amides is 1. The molecular weight excluding hydrogens is 340 g/mol. The van der Waals surface area contributed by atoms with Crippen LogP contribution < -0.4 is 5.32 Å². The fourth-order valence-electron chi connectivity index (χ4n) is 1.71. The smallest absolute Gasteiger partial charge is 0.234 e. The number of para-hydroxylation sites is 1. The zero-order chi connectivity index (χ0) is 14.5. The monoisotopic (exact) mass is 354 g/mol. The maximum absolute atomic E-state index is 11.9. The second-order valence-corrected chi connectivity index (χ2v) is 5.89. The summed E-state index contributed by atoms with van der Waals surface area (Å²) in [5.41, 5.74) is 0.770. The average molecular weight is 355 g/mol. The van der Waals surface area contributed by atoms with Crippen LogP contribution in [0.4, 0.5) is 5.69 Å². The lowest BCUT2D eigenvalue weighted by molar-refractivity contribution is -0.113. The van der Waals surface area contributed by atoms with Crippen molar-refractivity contribution >= 4 is 39.3 Å². The van der Waals surface area contributed by atoms with Crippen LogP contribution in [0.25, 0.3) is 0 Å². The molecule has 1 aromatic carbocycles. The van der Waals surface area contributed by atoms with E-state index in [0.29, 0.717) is 5.75 Å². The molecule has 0 atom stereocenters. The van der Waals surface area contributed by atoms with Crippen molar-refractivity contribution in [1.29, 1.82) is 0 Å². The Kier molecular flexibility index (Phi) is 5.19. The number of halogens is 1. The zero-order valence-corrected chi connectivity index (χ0v) is 13.7. The standard InChI is InChI=1S/C13H15BrN4OS/c1-3-18-9(2)16-17-13(18)20-8-12(19)15-11-7-5-4-6-10(11)14/h4-7H,3,8H2,1-2H3,(H,15,19). The number of carbonyl (C=O) groups is 1. The van der Waals surface area contributed by atoms with Crippen LogP contribution in [-0.2, 0) is 11.3 Å². The Labute approximate surface area is 130 Å². The number of thioether (sulfide) groups is 1. The van der Waals surface area contributed by atoms with Crippen molar-refractivity contribution in [3.05, 3.63) is 34.6 Å². The van der Waals surface area contributed by atoms with Gasteiger partial charge in [0.1, 0.15) is 5.82 Å². The van der Waals surface area contributed by atoms with E-state index in [1.165, 1.54) is 11.8 Å². The van der Waals surface area contributed by atoms with Crippen LogP contribution in [0.5, 0.6) is 0 Å². The number of anilines is 1. The fourth-order valence-corrected chi connectivity index (χ4v) is 2.94. The Bertz CT molecular complexity index is 614. The van der Waals surface area contributed by atoms with Gasteiger partial charge in [-0.3, -0.25) is 4.79 Å². The molecule has 0 saturated heterocycles. The molecule has 7 heteroatoms. The Morgan fingerprint density at radius 3 is 2.85 bits per heavy atom. The summed E-state index contributed by atoms with van der Waals surface area (Å²) in [5.74, 6) is 1.10. The lowest BCUT2D eigenvalue weighted by Crippen LogP contribution is -2.15. The van der Waals surface area contributed by atoms with Gasteiger partial charge in [-0.2, -0.15) is 0 Å². The molecule has 0 saturated carbocycles. The minimum absolute atomic E-state index is 0.0646. The Balaban J connectivity index is 1.94. The Morgan fingerprint density at radius 1 is 1.40 bits per heavy atom. The predicted molar refractivity (Wildman–Crippen MR) is 83.9 cm³/mol. The van der Waals surface area contributed by atoms with Crippen molar-refractivity contribution in [2.24, 2.45) is 0 Å². The highest BCUT2D eigenvalue weighted by Gasteiger charge is 2.11. The van der Waals surface area contributed by atoms with Crippen molar-refractivity contribution in [3.63, 3.8) is 0 Å². The quantitative estimate of drug-likeness (QED) is 0.838. The lowest BCUT2D eigenvalue weighted by Gasteiger charge is -2.07. The van der Waals surface area contributed by atoms with E-state index in [0.717, 1.165) is 27.7 Å². The van der Waals surface area contributed by atoms with Crippen LogP contribution in [0, 0.1) is 6.92 Å². The molecule has 0 fully saturated rings. The first kappa shape index (κ1) is 15.1. The topological polar surface area (TPSA) is 59.8 Å². The van der Waals surface area contributed by atoms with Crippen molar-refractivity contribution in [2.75, 3.05) is 11.1 Å². The van der Waals surface area contributed by atoms with E-state index >= 15 is 0 Å². The first-order valence-electron chi connectivity index (χ1n) is 6.18. The number of benzene rings is 1. The molecule has 0 unspecified atom stereocenters. The van der Waals surface area contributed by atoms with Crippen LogP contribution in [-0.4, -0.2) is 26.4 Å². The minimum Gasteiger partial charge on any atom is -0.324 e. The maximum atomic E-state index is 11.9. The third kappa shape index (κ3) is 3.61. The van der Waals surface area contributed by atoms with Crippen LogP contribution in [0.1, 0.15) is 12.7 Å². The highest BCUT2D eigenvalue weighted by Crippen LogP contribution is 2.22. The van der Waals surface area contributed by atoms with E-state index in [-0.39, 0.29) is 5.91 Å². The summed E-state index contributed by atoms with van der Waals surface area (Å²) in [6.07, 6.45) is 0. The van der Waals surface area contributed by atoms with Crippen LogP contribution in [0.15, 0.2) is 33.9 Å². The van der Waals surface area contributed by atoms with Gasteiger partial charge in [0.25, 0.3) is 0 Å². The number of aromatic nitrogens is 3. The lowest BCUT2D eigenvalue weighted by atomic mass is 10.3. The summed E-state index contributed by atoms with van der Waals surface area (Å²) < 4.78 is 2.85. The third-order valence-corrected chi connectivity index (χ3v) is 4.36. The molecular formula is C13H15BrN4OS. The average Bonchev–Trinajstić information content (AvgIpc) is 2.79. The molecule has 1 amide bonds. The van der Waals surface area contributed by atoms with Gasteiger partial charge in [0.05, 0.1) is 11.4 Å². The summed E-state index contributed by atoms with van der Waals surface area (Å²) in [6, 6.07) is 7.52. The van der Waals surface area contributed by atoms with Crippen LogP contribution in [0.3, 0.4) is 0 Å². The minimum atomic E-state index is -0.0646. The summed E-state index contributed by atoms with van der Waals surface area (Å²) >= 11 is 4.79. The molecule has 1 aromatic heterocycles. The highest BCUT2D eigenvalue weighted by molar-refractivity contribution is 9.10. The second kappa shape index (κ2) is 6.90. The van der Waals surface area contributed by atoms with Gasteiger partial charge in [-0.15, -0.1) is 10.2 Å². The van der Waals surface area contributed by atoms with Gasteiger partial charge in [0.2, 0.25) is 5.91 Å². The molecule has 0 aliphatic carbocycles. The summed E-state index contributed by atoms with van der Waals surface area (Å²) in [7, 11) is 0. The summed E-state index contributed by atoms with van der Waals surface area (Å²) in [5, 5.41) is 11.7. The molecule has 0 spiro atoms. The van der Waals surface area contributed by atoms with E-state index in [1.807, 2.05) is 42.7 Å². The van der Waals surface area contributed by atoms with E-state index < -0.39 is 0 Å². The van der Waals surface area contributed by atoms with Gasteiger partial charge < -0.3 is 9.88 Å². The summed E-state index contributed by atoms with van der Waals surface area (Å²) in [6.45, 7) is 4.73. The molecule has 5 nitrogen and oxygen atoms in total. The number of hydrogen-bond acceptors (Lipinski definition) is 4. The molecule has 0 bridgehead atoms. The zero-order valence-electron chi connectivity index (χ0n) is 11.3. The number of carbonyl (C=O) groups excluding carboxylic acids is 1. The molecule has 20 heavy (non-hydrogen) atoms. The second-order valence-electron chi connectivity index (χ2n) is 4.09. The number of rotatable bonds is 5. The number of nitrogens with one attached hydrogen (secondary N) is 1. The number of hydrogen-bond donors (Lipinski definition) is 1. The number of aryl methyl sites for hydroxylation is 1. The molecule has 0 aliphatic heterocycles. The Morgan fingerprint density at radius 2 is 2.15 bits per heavy atom. The van der Waals surface area contributed by atoms with Crippen molar-refractivity contribution in [1.82, 2.24) is 14.8 Å². The van der Waals surface area contributed by atoms with Crippen LogP contribution in [0.2, 0.25) is 0 Å². The van der Waals surface area contributed by atoms with Crippen molar-refractivity contribution in [3.8, 4) is 0 Å². The van der Waals surface area contributed by atoms with Gasteiger partial charge >= 0.3 is 0 Å². The largest absolute Gasteiger partial charge is 0.324 e. The van der Waals surface area contributed by atoms with Gasteiger partial charge in [0, 0.05) is 11.0 Å². The Hall–Kier alpha value is -1.34. The molecule has 1 heterocycles. The van der Waals surface area contributed by atoms with E-state index in [9.17, 15) is 4.79 Å². The van der Waals surface area contributed by atoms with Crippen LogP contribution >= 0.6 is 27.7 Å².